The molecule has 0 fully saturated rings. The number of benzene rings is 2. The van der Waals surface area contributed by atoms with Crippen molar-refractivity contribution in [1.82, 2.24) is 16.0 Å². The van der Waals surface area contributed by atoms with Crippen LogP contribution >= 0.6 is 0 Å². The molecule has 32 heavy (non-hydrogen) atoms. The zero-order valence-corrected chi connectivity index (χ0v) is 17.6. The zero-order chi connectivity index (χ0) is 23.5. The van der Waals surface area contributed by atoms with Gasteiger partial charge in [-0.15, -0.1) is 0 Å². The predicted molar refractivity (Wildman–Crippen MR) is 118 cm³/mol. The van der Waals surface area contributed by atoms with E-state index in [0.717, 1.165) is 5.56 Å². The largest absolute Gasteiger partial charge is 0.508 e. The summed E-state index contributed by atoms with van der Waals surface area (Å²) in [6.07, 6.45) is 0.553. The van der Waals surface area contributed by atoms with Crippen molar-refractivity contribution in [2.75, 3.05) is 0 Å². The molecule has 2 aromatic carbocycles. The molecule has 0 radical (unpaired) electrons. The fraction of sp³-hybridized carbons (Fsp3) is 0.261. The molecule has 0 saturated heterocycles. The number of nitrogens with one attached hydrogen (secondary N) is 4. The third kappa shape index (κ3) is 7.67. The lowest BCUT2D eigenvalue weighted by Gasteiger charge is -2.23. The normalized spacial score (nSPS) is 12.2. The number of carbonyl (C=O) groups is 4. The molecule has 0 aromatic heterocycles. The molecule has 9 heteroatoms. The van der Waals surface area contributed by atoms with Gasteiger partial charge in [-0.05, 0) is 29.7 Å². The van der Waals surface area contributed by atoms with Gasteiger partial charge in [0, 0.05) is 19.9 Å². The smallest absolute Gasteiger partial charge is 0.247 e. The Kier molecular flexibility index (Phi) is 9.09. The van der Waals surface area contributed by atoms with Crippen LogP contribution < -0.4 is 16.0 Å². The van der Waals surface area contributed by atoms with Crippen molar-refractivity contribution >= 4 is 29.7 Å². The molecule has 0 saturated carbocycles. The monoisotopic (exact) mass is 438 g/mol. The number of amides is 3. The molecular weight excluding hydrogens is 412 g/mol. The third-order valence-corrected chi connectivity index (χ3v) is 4.62. The molecule has 0 bridgehead atoms. The van der Waals surface area contributed by atoms with Gasteiger partial charge in [-0.2, -0.15) is 0 Å². The van der Waals surface area contributed by atoms with Crippen molar-refractivity contribution in [2.24, 2.45) is 0 Å². The highest BCUT2D eigenvalue weighted by Crippen LogP contribution is 2.18. The first-order chi connectivity index (χ1) is 15.3. The molecule has 0 unspecified atom stereocenters. The molecule has 168 valence electrons. The van der Waals surface area contributed by atoms with Crippen molar-refractivity contribution in [3.63, 3.8) is 0 Å². The number of hydrogen-bond acceptors (Lipinski definition) is 6. The van der Waals surface area contributed by atoms with Crippen LogP contribution in [-0.4, -0.2) is 40.9 Å². The second-order valence-electron chi connectivity index (χ2n) is 7.14. The molecule has 0 spiro atoms. The summed E-state index contributed by atoms with van der Waals surface area (Å²) in [5.41, 5.74) is 1.27. The highest BCUT2D eigenvalue weighted by atomic mass is 16.3. The van der Waals surface area contributed by atoms with Crippen LogP contribution in [0.5, 0.6) is 5.75 Å². The summed E-state index contributed by atoms with van der Waals surface area (Å²) in [5, 5.41) is 24.4. The second-order valence-corrected chi connectivity index (χ2v) is 7.14. The number of phenols is 1. The summed E-state index contributed by atoms with van der Waals surface area (Å²) in [6.45, 7) is 1.49. The minimum atomic E-state index is -1.10. The lowest BCUT2D eigenvalue weighted by atomic mass is 10.0. The first kappa shape index (κ1) is 24.3. The average Bonchev–Trinajstić information content (AvgIpc) is 2.79. The molecule has 0 aliphatic carbocycles. The number of hydrogen-bond donors (Lipinski definition) is 5. The van der Waals surface area contributed by atoms with Gasteiger partial charge in [-0.1, -0.05) is 42.5 Å². The number of phenolic OH excluding ortho intramolecular Hbond substituents is 1. The Morgan fingerprint density at radius 1 is 0.969 bits per heavy atom. The minimum Gasteiger partial charge on any atom is -0.508 e. The van der Waals surface area contributed by atoms with E-state index in [-0.39, 0.29) is 25.1 Å². The molecular formula is C23H26N4O5. The number of rotatable bonds is 11. The maximum absolute atomic E-state index is 13.0. The van der Waals surface area contributed by atoms with Gasteiger partial charge in [0.25, 0.3) is 0 Å². The maximum Gasteiger partial charge on any atom is 0.247 e. The molecule has 0 aliphatic heterocycles. The number of aromatic hydroxyl groups is 1. The van der Waals surface area contributed by atoms with E-state index in [1.165, 1.54) is 31.2 Å². The highest BCUT2D eigenvalue weighted by molar-refractivity contribution is 6.26. The summed E-state index contributed by atoms with van der Waals surface area (Å²) in [4.78, 5) is 48.9. The van der Waals surface area contributed by atoms with Crippen LogP contribution in [0, 0.1) is 5.41 Å². The highest BCUT2D eigenvalue weighted by Gasteiger charge is 2.27. The van der Waals surface area contributed by atoms with Gasteiger partial charge in [0.05, 0.1) is 6.21 Å². The molecule has 3 amide bonds. The number of Topliss-reactive ketones (excluding diaryl/α,β-unsaturated/α-hetero) is 1. The van der Waals surface area contributed by atoms with E-state index >= 15 is 0 Å². The van der Waals surface area contributed by atoms with Crippen LogP contribution in [0.2, 0.25) is 0 Å². The topological polar surface area (TPSA) is 148 Å². The summed E-state index contributed by atoms with van der Waals surface area (Å²) < 4.78 is 0. The molecule has 9 nitrogen and oxygen atoms in total. The molecule has 5 N–H and O–H groups in total. The second kappa shape index (κ2) is 12.0. The standard InChI is InChI=1S/C23H26N4O5/c1-15(28)26-21(17-7-9-18(29)10-8-17)23(32)27-20(12-11-19(30)13-24)22(31)25-14-16-5-3-2-4-6-16/h2-10,13,20-21,24,29H,11-12,14H2,1H3,(H,25,31)(H,26,28)(H,27,32)/t20-,21-/m0/s1. The fourth-order valence-corrected chi connectivity index (χ4v) is 2.96. The van der Waals surface area contributed by atoms with Gasteiger partial charge >= 0.3 is 0 Å². The van der Waals surface area contributed by atoms with E-state index in [2.05, 4.69) is 16.0 Å². The van der Waals surface area contributed by atoms with E-state index < -0.39 is 35.6 Å². The Hall–Kier alpha value is -4.01. The van der Waals surface area contributed by atoms with Crippen molar-refractivity contribution in [3.05, 3.63) is 65.7 Å². The quantitative estimate of drug-likeness (QED) is 0.336. The fourth-order valence-electron chi connectivity index (χ4n) is 2.96. The van der Waals surface area contributed by atoms with E-state index in [0.29, 0.717) is 11.8 Å². The molecule has 2 rings (SSSR count). The summed E-state index contributed by atoms with van der Waals surface area (Å²) in [5.74, 6) is -2.07. The van der Waals surface area contributed by atoms with E-state index in [9.17, 15) is 24.3 Å². The average molecular weight is 438 g/mol. The van der Waals surface area contributed by atoms with Gasteiger partial charge in [0.15, 0.2) is 5.78 Å². The van der Waals surface area contributed by atoms with Crippen LogP contribution in [0.1, 0.15) is 36.9 Å². The van der Waals surface area contributed by atoms with Gasteiger partial charge in [0.1, 0.15) is 17.8 Å². The van der Waals surface area contributed by atoms with Crippen LogP contribution in [0.25, 0.3) is 0 Å². The van der Waals surface area contributed by atoms with E-state index in [1.54, 1.807) is 0 Å². The van der Waals surface area contributed by atoms with E-state index in [1.807, 2.05) is 30.3 Å². The minimum absolute atomic E-state index is 0.000874. The lowest BCUT2D eigenvalue weighted by Crippen LogP contribution is -2.50. The summed E-state index contributed by atoms with van der Waals surface area (Å²) >= 11 is 0. The van der Waals surface area contributed by atoms with Crippen LogP contribution in [0.3, 0.4) is 0 Å². The van der Waals surface area contributed by atoms with Crippen molar-refractivity contribution in [1.29, 1.82) is 5.41 Å². The van der Waals surface area contributed by atoms with Crippen LogP contribution in [-0.2, 0) is 25.7 Å². The van der Waals surface area contributed by atoms with Crippen LogP contribution in [0.4, 0.5) is 0 Å². The van der Waals surface area contributed by atoms with Gasteiger partial charge < -0.3 is 26.5 Å². The Morgan fingerprint density at radius 2 is 1.62 bits per heavy atom. The predicted octanol–water partition coefficient (Wildman–Crippen LogP) is 1.37. The molecule has 2 atom stereocenters. The Bertz CT molecular complexity index is 960. The molecule has 0 aliphatic rings. The van der Waals surface area contributed by atoms with Crippen molar-refractivity contribution < 1.29 is 24.3 Å². The van der Waals surface area contributed by atoms with Crippen molar-refractivity contribution in [2.45, 2.75) is 38.4 Å². The Balaban J connectivity index is 2.16. The van der Waals surface area contributed by atoms with Gasteiger partial charge in [-0.25, -0.2) is 0 Å². The SMILES string of the molecule is CC(=O)N[C@H](C(=O)N[C@@H](CCC(=O)C=N)C(=O)NCc1ccccc1)c1ccc(O)cc1. The van der Waals surface area contributed by atoms with Gasteiger partial charge in [0.2, 0.25) is 17.7 Å². The number of ketones is 1. The van der Waals surface area contributed by atoms with Gasteiger partial charge in [-0.3, -0.25) is 19.2 Å². The number of carbonyl (C=O) groups excluding carboxylic acids is 4. The van der Waals surface area contributed by atoms with E-state index in [4.69, 9.17) is 5.41 Å². The first-order valence-electron chi connectivity index (χ1n) is 10.0. The molecule has 0 heterocycles. The van der Waals surface area contributed by atoms with Crippen molar-refractivity contribution in [3.8, 4) is 5.75 Å². The third-order valence-electron chi connectivity index (χ3n) is 4.62. The zero-order valence-electron chi connectivity index (χ0n) is 17.6. The Labute approximate surface area is 185 Å². The lowest BCUT2D eigenvalue weighted by molar-refractivity contribution is -0.132. The maximum atomic E-state index is 13.0. The Morgan fingerprint density at radius 3 is 2.22 bits per heavy atom. The summed E-state index contributed by atoms with van der Waals surface area (Å²) in [7, 11) is 0. The summed E-state index contributed by atoms with van der Waals surface area (Å²) in [6, 6.07) is 12.8. The van der Waals surface area contributed by atoms with Crippen LogP contribution in [0.15, 0.2) is 54.6 Å². The molecule has 2 aromatic rings. The first-order valence-corrected chi connectivity index (χ1v) is 10.0.